The molecule has 21 heavy (non-hydrogen) atoms. The van der Waals surface area contributed by atoms with Gasteiger partial charge in [-0.25, -0.2) is 0 Å². The van der Waals surface area contributed by atoms with E-state index in [4.69, 9.17) is 0 Å². The van der Waals surface area contributed by atoms with Gasteiger partial charge in [-0.1, -0.05) is 24.2 Å². The molecular formula is C14H18N4OS2. The summed E-state index contributed by atoms with van der Waals surface area (Å²) in [7, 11) is 0. The van der Waals surface area contributed by atoms with Crippen molar-refractivity contribution in [1.29, 1.82) is 0 Å². The van der Waals surface area contributed by atoms with E-state index in [1.54, 1.807) is 11.3 Å². The number of rotatable bonds is 5. The molecule has 0 unspecified atom stereocenters. The molecule has 0 aliphatic carbocycles. The lowest BCUT2D eigenvalue weighted by Gasteiger charge is -2.06. The Kier molecular flexibility index (Phi) is 4.92. The molecule has 0 radical (unpaired) electrons. The molecule has 1 amide bonds. The summed E-state index contributed by atoms with van der Waals surface area (Å²) in [4.78, 5) is 13.1. The van der Waals surface area contributed by atoms with E-state index in [2.05, 4.69) is 20.1 Å². The zero-order valence-corrected chi connectivity index (χ0v) is 13.4. The maximum Gasteiger partial charge on any atom is 0.230 e. The summed E-state index contributed by atoms with van der Waals surface area (Å²) in [6, 6.07) is 4.02. The highest BCUT2D eigenvalue weighted by molar-refractivity contribution is 7.99. The van der Waals surface area contributed by atoms with Gasteiger partial charge in [0.1, 0.15) is 5.82 Å². The molecule has 5 nitrogen and oxygen atoms in total. The van der Waals surface area contributed by atoms with Crippen molar-refractivity contribution in [2.45, 2.75) is 43.9 Å². The second-order valence-electron chi connectivity index (χ2n) is 5.01. The molecule has 2 aromatic heterocycles. The van der Waals surface area contributed by atoms with Crippen molar-refractivity contribution in [3.63, 3.8) is 0 Å². The van der Waals surface area contributed by atoms with Crippen LogP contribution in [0.5, 0.6) is 0 Å². The molecule has 0 bridgehead atoms. The average molecular weight is 322 g/mol. The van der Waals surface area contributed by atoms with Crippen LogP contribution in [0.15, 0.2) is 22.7 Å². The zero-order valence-electron chi connectivity index (χ0n) is 11.7. The van der Waals surface area contributed by atoms with E-state index in [9.17, 15) is 4.79 Å². The third-order valence-electron chi connectivity index (χ3n) is 3.45. The largest absolute Gasteiger partial charge is 0.350 e. The smallest absolute Gasteiger partial charge is 0.230 e. The number of hydrogen-bond acceptors (Lipinski definition) is 5. The van der Waals surface area contributed by atoms with Gasteiger partial charge in [0.2, 0.25) is 5.91 Å². The van der Waals surface area contributed by atoms with E-state index in [1.165, 1.54) is 35.9 Å². The Balaban J connectivity index is 1.50. The molecule has 0 fully saturated rings. The first-order valence-electron chi connectivity index (χ1n) is 7.17. The molecular weight excluding hydrogens is 304 g/mol. The van der Waals surface area contributed by atoms with Crippen LogP contribution in [0.3, 0.4) is 0 Å². The Hall–Kier alpha value is -1.34. The lowest BCUT2D eigenvalue weighted by molar-refractivity contribution is -0.118. The fraction of sp³-hybridized carbons (Fsp3) is 0.500. The first-order chi connectivity index (χ1) is 10.3. The lowest BCUT2D eigenvalue weighted by atomic mass is 10.2. The molecule has 112 valence electrons. The Morgan fingerprint density at radius 2 is 2.33 bits per heavy atom. The number of carbonyl (C=O) groups is 1. The molecule has 0 atom stereocenters. The van der Waals surface area contributed by atoms with E-state index in [0.717, 1.165) is 23.9 Å². The normalized spacial score (nSPS) is 14.5. The first-order valence-corrected chi connectivity index (χ1v) is 9.03. The highest BCUT2D eigenvalue weighted by Gasteiger charge is 2.15. The predicted molar refractivity (Wildman–Crippen MR) is 84.5 cm³/mol. The second kappa shape index (κ2) is 7.09. The molecule has 3 heterocycles. The highest BCUT2D eigenvalue weighted by atomic mass is 32.2. The van der Waals surface area contributed by atoms with E-state index < -0.39 is 0 Å². The summed E-state index contributed by atoms with van der Waals surface area (Å²) in [6.45, 7) is 1.58. The van der Waals surface area contributed by atoms with Crippen LogP contribution >= 0.6 is 23.1 Å². The number of carbonyl (C=O) groups excluding carboxylic acids is 1. The van der Waals surface area contributed by atoms with E-state index >= 15 is 0 Å². The number of nitrogens with one attached hydrogen (secondary N) is 1. The second-order valence-corrected chi connectivity index (χ2v) is 6.98. The van der Waals surface area contributed by atoms with Crippen LogP contribution in [0.25, 0.3) is 0 Å². The Morgan fingerprint density at radius 3 is 3.19 bits per heavy atom. The number of thiophene rings is 1. The Labute approximate surface area is 132 Å². The molecule has 3 rings (SSSR count). The van der Waals surface area contributed by atoms with Crippen molar-refractivity contribution >= 4 is 29.0 Å². The van der Waals surface area contributed by atoms with Gasteiger partial charge in [0.05, 0.1) is 12.3 Å². The summed E-state index contributed by atoms with van der Waals surface area (Å²) >= 11 is 3.13. The van der Waals surface area contributed by atoms with Crippen LogP contribution in [-0.2, 0) is 24.3 Å². The van der Waals surface area contributed by atoms with Gasteiger partial charge in [0.15, 0.2) is 5.16 Å². The molecule has 1 aliphatic rings. The summed E-state index contributed by atoms with van der Waals surface area (Å²) in [5.74, 6) is 1.50. The van der Waals surface area contributed by atoms with Crippen LogP contribution in [0.1, 0.15) is 30.0 Å². The fourth-order valence-electron chi connectivity index (χ4n) is 2.35. The molecule has 0 saturated heterocycles. The Bertz CT molecular complexity index is 594. The number of hydrogen-bond donors (Lipinski definition) is 1. The van der Waals surface area contributed by atoms with E-state index in [-0.39, 0.29) is 5.91 Å². The standard InChI is InChI=1S/C14H18N4OS2/c19-13(15-9-11-5-4-8-20-11)10-21-14-17-16-12-6-2-1-3-7-18(12)14/h4-5,8H,1-3,6-7,9-10H2,(H,15,19). The van der Waals surface area contributed by atoms with Crippen molar-refractivity contribution in [3.8, 4) is 0 Å². The topological polar surface area (TPSA) is 59.8 Å². The van der Waals surface area contributed by atoms with E-state index in [1.807, 2.05) is 17.5 Å². The summed E-state index contributed by atoms with van der Waals surface area (Å²) < 4.78 is 2.17. The molecule has 0 spiro atoms. The molecule has 1 aliphatic heterocycles. The minimum Gasteiger partial charge on any atom is -0.350 e. The van der Waals surface area contributed by atoms with Crippen molar-refractivity contribution in [1.82, 2.24) is 20.1 Å². The number of amides is 1. The molecule has 1 N–H and O–H groups in total. The van der Waals surface area contributed by atoms with Crippen molar-refractivity contribution in [2.75, 3.05) is 5.75 Å². The van der Waals surface area contributed by atoms with Crippen LogP contribution in [0.2, 0.25) is 0 Å². The number of nitrogens with zero attached hydrogens (tertiary/aromatic N) is 3. The van der Waals surface area contributed by atoms with E-state index in [0.29, 0.717) is 12.3 Å². The predicted octanol–water partition coefficient (Wildman–Crippen LogP) is 2.47. The molecule has 7 heteroatoms. The number of aryl methyl sites for hydroxylation is 1. The SMILES string of the molecule is O=C(CSc1nnc2n1CCCCC2)NCc1cccs1. The van der Waals surface area contributed by atoms with Crippen LogP contribution < -0.4 is 5.32 Å². The zero-order chi connectivity index (χ0) is 14.5. The summed E-state index contributed by atoms with van der Waals surface area (Å²) in [5.41, 5.74) is 0. The van der Waals surface area contributed by atoms with Gasteiger partial charge in [-0.05, 0) is 24.3 Å². The summed E-state index contributed by atoms with van der Waals surface area (Å²) in [5, 5.41) is 14.3. The maximum atomic E-state index is 11.9. The van der Waals surface area contributed by atoms with Gasteiger partial charge in [0, 0.05) is 17.8 Å². The average Bonchev–Trinajstić information content (AvgIpc) is 3.08. The fourth-order valence-corrected chi connectivity index (χ4v) is 3.80. The first kappa shape index (κ1) is 14.6. The molecule has 0 aromatic carbocycles. The number of fused-ring (bicyclic) bond motifs is 1. The molecule has 2 aromatic rings. The van der Waals surface area contributed by atoms with Gasteiger partial charge < -0.3 is 9.88 Å². The molecule has 0 saturated carbocycles. The third-order valence-corrected chi connectivity index (χ3v) is 5.29. The van der Waals surface area contributed by atoms with Gasteiger partial charge in [-0.15, -0.1) is 21.5 Å². The quantitative estimate of drug-likeness (QED) is 0.859. The highest BCUT2D eigenvalue weighted by Crippen LogP contribution is 2.21. The maximum absolute atomic E-state index is 11.9. The van der Waals surface area contributed by atoms with Crippen LogP contribution in [0.4, 0.5) is 0 Å². The minimum absolute atomic E-state index is 0.0411. The van der Waals surface area contributed by atoms with Gasteiger partial charge >= 0.3 is 0 Å². The minimum atomic E-state index is 0.0411. The number of aromatic nitrogens is 3. The van der Waals surface area contributed by atoms with Crippen molar-refractivity contribution in [3.05, 3.63) is 28.2 Å². The lowest BCUT2D eigenvalue weighted by Crippen LogP contribution is -2.24. The van der Waals surface area contributed by atoms with Gasteiger partial charge in [0.25, 0.3) is 0 Å². The number of thioether (sulfide) groups is 1. The monoisotopic (exact) mass is 322 g/mol. The van der Waals surface area contributed by atoms with Crippen LogP contribution in [-0.4, -0.2) is 26.4 Å². The third kappa shape index (κ3) is 3.85. The van der Waals surface area contributed by atoms with Gasteiger partial charge in [-0.3, -0.25) is 4.79 Å². The van der Waals surface area contributed by atoms with Crippen molar-refractivity contribution < 1.29 is 4.79 Å². The summed E-state index contributed by atoms with van der Waals surface area (Å²) in [6.07, 6.45) is 4.60. The Morgan fingerprint density at radius 1 is 1.38 bits per heavy atom. The van der Waals surface area contributed by atoms with Gasteiger partial charge in [-0.2, -0.15) is 0 Å². The van der Waals surface area contributed by atoms with Crippen LogP contribution in [0, 0.1) is 0 Å². The van der Waals surface area contributed by atoms with Crippen molar-refractivity contribution in [2.24, 2.45) is 0 Å².